The molecule has 2 atom stereocenters. The zero-order valence-corrected chi connectivity index (χ0v) is 33.1. The molecule has 10 heteroatoms. The van der Waals surface area contributed by atoms with Crippen molar-refractivity contribution in [3.63, 3.8) is 0 Å². The number of benzene rings is 2. The van der Waals surface area contributed by atoms with E-state index in [1.54, 1.807) is 18.5 Å². The van der Waals surface area contributed by atoms with E-state index < -0.39 is 18.1 Å². The van der Waals surface area contributed by atoms with Crippen LogP contribution in [0.4, 0.5) is 0 Å². The number of carbonyl (C=O) groups is 3. The highest BCUT2D eigenvalue weighted by Crippen LogP contribution is 2.42. The van der Waals surface area contributed by atoms with Gasteiger partial charge in [0.2, 0.25) is 5.91 Å². The Labute approximate surface area is 310 Å². The summed E-state index contributed by atoms with van der Waals surface area (Å²) in [7, 11) is 0.422. The van der Waals surface area contributed by atoms with E-state index in [0.29, 0.717) is 19.0 Å². The summed E-state index contributed by atoms with van der Waals surface area (Å²) in [6.07, 6.45) is 12.8. The summed E-state index contributed by atoms with van der Waals surface area (Å²) < 4.78 is 6.07. The largest absolute Gasteiger partial charge is 0.448 e. The quantitative estimate of drug-likeness (QED) is 0.0639. The molecule has 264 valence electrons. The van der Waals surface area contributed by atoms with E-state index in [1.807, 2.05) is 78.2 Å². The molecule has 3 aromatic rings. The van der Waals surface area contributed by atoms with E-state index >= 15 is 0 Å². The fraction of sp³-hybridized carbons (Fsp3) is 0.462. The van der Waals surface area contributed by atoms with Crippen LogP contribution in [0.25, 0.3) is 0 Å². The summed E-state index contributed by atoms with van der Waals surface area (Å²) in [5.74, 6) is -0.496. The number of β-lactam (4-membered cyclic amide) rings is 1. The van der Waals surface area contributed by atoms with E-state index in [9.17, 15) is 14.4 Å². The maximum absolute atomic E-state index is 13.6. The average molecular weight is 786 g/mol. The number of nitrogens with zero attached hydrogens (tertiary/aromatic N) is 1. The van der Waals surface area contributed by atoms with Crippen LogP contribution in [0.3, 0.4) is 0 Å². The topological polar surface area (TPSA) is 75.7 Å². The molecule has 0 aliphatic carbocycles. The molecule has 2 amide bonds. The summed E-state index contributed by atoms with van der Waals surface area (Å²) in [5.41, 5.74) is 2.74. The molecule has 49 heavy (non-hydrogen) atoms. The normalized spacial score (nSPS) is 16.9. The van der Waals surface area contributed by atoms with Gasteiger partial charge in [0.05, 0.1) is 6.42 Å². The van der Waals surface area contributed by atoms with Crippen molar-refractivity contribution in [3.8, 4) is 0 Å². The van der Waals surface area contributed by atoms with E-state index in [4.69, 9.17) is 4.74 Å². The van der Waals surface area contributed by atoms with Crippen molar-refractivity contribution in [1.82, 2.24) is 10.2 Å². The lowest BCUT2D eigenvalue weighted by Gasteiger charge is -2.49. The fourth-order valence-electron chi connectivity index (χ4n) is 5.80. The average Bonchev–Trinajstić information content (AvgIpc) is 3.65. The molecule has 5 rings (SSSR count). The van der Waals surface area contributed by atoms with E-state index in [-0.39, 0.29) is 29.3 Å². The summed E-state index contributed by atoms with van der Waals surface area (Å²) in [5, 5.41) is 4.87. The van der Waals surface area contributed by atoms with Crippen LogP contribution in [0.1, 0.15) is 81.4 Å². The van der Waals surface area contributed by atoms with Crippen LogP contribution in [0.5, 0.6) is 0 Å². The molecule has 1 N–H and O–H groups in total. The van der Waals surface area contributed by atoms with Crippen molar-refractivity contribution in [3.05, 3.63) is 105 Å². The van der Waals surface area contributed by atoms with Crippen molar-refractivity contribution in [2.75, 3.05) is 29.6 Å². The second-order valence-corrected chi connectivity index (χ2v) is 17.7. The Balaban J connectivity index is 0.000000355. The Morgan fingerprint density at radius 2 is 1.47 bits per heavy atom. The number of alkyl halides is 1. The number of hydrogen-bond acceptors (Lipinski definition) is 6. The summed E-state index contributed by atoms with van der Waals surface area (Å²) in [6, 6.07) is 22.2. The van der Waals surface area contributed by atoms with Gasteiger partial charge in [0.1, 0.15) is 17.1 Å². The minimum absolute atomic E-state index is 0.205. The molecule has 3 heterocycles. The molecular formula is C39H50BrN2O4PS2. The van der Waals surface area contributed by atoms with Crippen molar-refractivity contribution in [1.29, 1.82) is 0 Å². The van der Waals surface area contributed by atoms with Crippen molar-refractivity contribution < 1.29 is 19.1 Å². The van der Waals surface area contributed by atoms with Gasteiger partial charge in [-0.15, -0.1) is 31.0 Å². The summed E-state index contributed by atoms with van der Waals surface area (Å²) in [4.78, 5) is 41.7. The number of nitrogens with one attached hydrogen (secondary N) is 1. The molecule has 0 radical (unpaired) electrons. The Kier molecular flexibility index (Phi) is 16.9. The van der Waals surface area contributed by atoms with Crippen molar-refractivity contribution >= 4 is 64.7 Å². The molecular weight excluding hydrogens is 735 g/mol. The van der Waals surface area contributed by atoms with Crippen LogP contribution in [0.2, 0.25) is 0 Å². The first-order valence-corrected chi connectivity index (χ1v) is 22.4. The molecule has 2 aliphatic heterocycles. The van der Waals surface area contributed by atoms with Gasteiger partial charge in [0.25, 0.3) is 5.91 Å². The Morgan fingerprint density at radius 1 is 0.898 bits per heavy atom. The summed E-state index contributed by atoms with van der Waals surface area (Å²) in [6.45, 7) is 6.94. The molecule has 0 saturated carbocycles. The number of fused-ring (bicyclic) bond motifs is 1. The lowest BCUT2D eigenvalue weighted by Crippen LogP contribution is -2.70. The molecule has 1 aromatic heterocycles. The van der Waals surface area contributed by atoms with Gasteiger partial charge in [-0.2, -0.15) is 0 Å². The monoisotopic (exact) mass is 784 g/mol. The van der Waals surface area contributed by atoms with Crippen LogP contribution >= 0.6 is 47.0 Å². The predicted octanol–water partition coefficient (Wildman–Crippen LogP) is 9.54. The molecule has 6 nitrogen and oxygen atoms in total. The highest BCUT2D eigenvalue weighted by Gasteiger charge is 2.54. The van der Waals surface area contributed by atoms with Crippen molar-refractivity contribution in [2.24, 2.45) is 0 Å². The maximum Gasteiger partial charge on any atom is 0.356 e. The molecule has 0 spiro atoms. The van der Waals surface area contributed by atoms with Gasteiger partial charge in [-0.3, -0.25) is 14.5 Å². The number of halogens is 1. The lowest BCUT2D eigenvalue weighted by atomic mass is 10.0. The van der Waals surface area contributed by atoms with Gasteiger partial charge in [-0.25, -0.2) is 4.79 Å². The number of rotatable bonds is 17. The first-order chi connectivity index (χ1) is 23.9. The predicted molar refractivity (Wildman–Crippen MR) is 211 cm³/mol. The molecule has 1 saturated heterocycles. The third-order valence-corrected chi connectivity index (χ3v) is 14.3. The SMILES string of the molecule is CCCCP(CCCC)CCCC.O=C(Cc1cccs1)N[C@@H]1C(=O)N2C(C(=O)OC(c3ccccc3)c3ccccc3)=C(CBr)CS[C@H]12. The van der Waals surface area contributed by atoms with Crippen LogP contribution < -0.4 is 5.32 Å². The highest BCUT2D eigenvalue weighted by atomic mass is 79.9. The second-order valence-electron chi connectivity index (χ2n) is 12.3. The van der Waals surface area contributed by atoms with E-state index in [2.05, 4.69) is 42.0 Å². The number of ether oxygens (including phenoxy) is 1. The number of carbonyl (C=O) groups excluding carboxylic acids is 3. The molecule has 1 fully saturated rings. The van der Waals surface area contributed by atoms with Crippen LogP contribution in [0, 0.1) is 0 Å². The standard InChI is InChI=1S/C27H23BrN2O4S2.C12H27P/c28-15-19-16-36-26-22(29-21(31)14-20-12-7-13-35-20)25(32)30(26)23(19)27(33)34-24(17-8-3-1-4-9-17)18-10-5-2-6-11-18;1-4-7-10-13(11-8-5-2)12-9-6-3/h1-13,22,24,26H,14-16H2,(H,29,31);4-12H2,1-3H3/t22-,26-;/m1./s1. The van der Waals surface area contributed by atoms with Crippen LogP contribution in [-0.4, -0.2) is 63.7 Å². The Morgan fingerprint density at radius 3 is 1.96 bits per heavy atom. The Bertz CT molecular complexity index is 1430. The molecule has 2 aliphatic rings. The van der Waals surface area contributed by atoms with Gasteiger partial charge < -0.3 is 10.1 Å². The lowest BCUT2D eigenvalue weighted by molar-refractivity contribution is -0.154. The van der Waals surface area contributed by atoms with Gasteiger partial charge >= 0.3 is 5.97 Å². The molecule has 0 unspecified atom stereocenters. The number of unbranched alkanes of at least 4 members (excludes halogenated alkanes) is 3. The van der Waals surface area contributed by atoms with Gasteiger partial charge in [-0.1, -0.05) is 123 Å². The highest BCUT2D eigenvalue weighted by molar-refractivity contribution is 9.09. The van der Waals surface area contributed by atoms with E-state index in [1.165, 1.54) is 66.5 Å². The number of amides is 2. The van der Waals surface area contributed by atoms with E-state index in [0.717, 1.165) is 21.6 Å². The van der Waals surface area contributed by atoms with Gasteiger partial charge in [0.15, 0.2) is 6.10 Å². The van der Waals surface area contributed by atoms with Crippen LogP contribution in [-0.2, 0) is 25.5 Å². The first kappa shape index (κ1) is 39.3. The molecule has 0 bridgehead atoms. The van der Waals surface area contributed by atoms with Crippen LogP contribution in [0.15, 0.2) is 89.4 Å². The second kappa shape index (κ2) is 21.0. The number of thiophene rings is 1. The van der Waals surface area contributed by atoms with Gasteiger partial charge in [0, 0.05) is 16.0 Å². The third-order valence-electron chi connectivity index (χ3n) is 8.55. The summed E-state index contributed by atoms with van der Waals surface area (Å²) >= 11 is 6.51. The third kappa shape index (κ3) is 11.3. The Hall–Kier alpha value is -2.45. The first-order valence-electron chi connectivity index (χ1n) is 17.5. The van der Waals surface area contributed by atoms with Gasteiger partial charge in [-0.05, 0) is 65.9 Å². The minimum atomic E-state index is -0.666. The number of hydrogen-bond donors (Lipinski definition) is 1. The zero-order chi connectivity index (χ0) is 35.0. The van der Waals surface area contributed by atoms with Crippen molar-refractivity contribution in [2.45, 2.75) is 83.2 Å². The maximum atomic E-state index is 13.6. The molecule has 2 aromatic carbocycles. The smallest absolute Gasteiger partial charge is 0.356 e. The minimum Gasteiger partial charge on any atom is -0.448 e. The number of esters is 1. The fourth-order valence-corrected chi connectivity index (χ4v) is 11.5. The number of thioether (sulfide) groups is 1. The zero-order valence-electron chi connectivity index (χ0n) is 28.9.